The van der Waals surface area contributed by atoms with Gasteiger partial charge in [0.15, 0.2) is 10.9 Å². The fraction of sp³-hybridized carbons (Fsp3) is 0.0833. The zero-order valence-corrected chi connectivity index (χ0v) is 18.7. The zero-order chi connectivity index (χ0) is 25.3. The van der Waals surface area contributed by atoms with Gasteiger partial charge in [0.05, 0.1) is 12.8 Å². The second-order valence-electron chi connectivity index (χ2n) is 7.22. The van der Waals surface area contributed by atoms with Crippen LogP contribution in [-0.2, 0) is 11.4 Å². The molecule has 0 atom stereocenters. The van der Waals surface area contributed by atoms with Crippen molar-refractivity contribution in [2.45, 2.75) is 6.61 Å². The van der Waals surface area contributed by atoms with Gasteiger partial charge in [-0.2, -0.15) is 8.78 Å². The van der Waals surface area contributed by atoms with E-state index in [0.29, 0.717) is 11.3 Å². The van der Waals surface area contributed by atoms with Crippen molar-refractivity contribution in [3.8, 4) is 11.5 Å². The van der Waals surface area contributed by atoms with Gasteiger partial charge in [-0.1, -0.05) is 24.3 Å². The minimum Gasteiger partial charge on any atom is -0.496 e. The first-order valence-electron chi connectivity index (χ1n) is 9.96. The van der Waals surface area contributed by atoms with Crippen molar-refractivity contribution in [2.24, 2.45) is 0 Å². The quantitative estimate of drug-likeness (QED) is 0.163. The van der Waals surface area contributed by atoms with Crippen LogP contribution in [0.2, 0.25) is 0 Å². The summed E-state index contributed by atoms with van der Waals surface area (Å²) in [6.07, 6.45) is 1.49. The lowest BCUT2D eigenvalue weighted by Gasteiger charge is -2.13. The monoisotopic (exact) mass is 506 g/mol. The number of anilines is 1. The second-order valence-corrected chi connectivity index (χ2v) is 7.61. The predicted molar refractivity (Wildman–Crippen MR) is 121 cm³/mol. The van der Waals surface area contributed by atoms with Crippen molar-refractivity contribution >= 4 is 35.0 Å². The van der Waals surface area contributed by atoms with Crippen LogP contribution in [0.5, 0.6) is 11.5 Å². The highest BCUT2D eigenvalue weighted by molar-refractivity contribution is 7.80. The maximum absolute atomic E-state index is 13.9. The fourth-order valence-electron chi connectivity index (χ4n) is 3.38. The highest BCUT2D eigenvalue weighted by Gasteiger charge is 2.32. The number of benzene rings is 3. The first-order valence-corrected chi connectivity index (χ1v) is 10.4. The Bertz CT molecular complexity index is 1340. The van der Waals surface area contributed by atoms with E-state index in [2.05, 4.69) is 5.32 Å². The molecule has 180 valence electrons. The molecule has 3 aromatic carbocycles. The van der Waals surface area contributed by atoms with E-state index < -0.39 is 47.3 Å². The maximum atomic E-state index is 13.9. The van der Waals surface area contributed by atoms with Crippen molar-refractivity contribution in [1.29, 1.82) is 0 Å². The Kier molecular flexibility index (Phi) is 6.70. The summed E-state index contributed by atoms with van der Waals surface area (Å²) in [5, 5.41) is 3.00. The summed E-state index contributed by atoms with van der Waals surface area (Å²) in [4.78, 5) is 14.2. The Balaban J connectivity index is 1.62. The molecule has 1 aliphatic rings. The molecular weight excluding hydrogens is 491 g/mol. The molecule has 3 aromatic rings. The molecule has 0 unspecified atom stereocenters. The third-order valence-corrected chi connectivity index (χ3v) is 5.33. The van der Waals surface area contributed by atoms with Crippen LogP contribution in [0, 0.1) is 29.1 Å². The number of nitrogens with zero attached hydrogens (tertiary/aromatic N) is 1. The normalized spacial score (nSPS) is 14.5. The van der Waals surface area contributed by atoms with Gasteiger partial charge in [0.25, 0.3) is 5.91 Å². The number of para-hydroxylation sites is 1. The largest absolute Gasteiger partial charge is 0.496 e. The average molecular weight is 506 g/mol. The van der Waals surface area contributed by atoms with Crippen molar-refractivity contribution < 1.29 is 36.2 Å². The van der Waals surface area contributed by atoms with Crippen molar-refractivity contribution in [3.05, 3.63) is 94.4 Å². The van der Waals surface area contributed by atoms with Crippen LogP contribution < -0.4 is 19.7 Å². The lowest BCUT2D eigenvalue weighted by molar-refractivity contribution is -0.113. The second kappa shape index (κ2) is 9.71. The van der Waals surface area contributed by atoms with Crippen LogP contribution in [0.4, 0.5) is 27.6 Å². The van der Waals surface area contributed by atoms with Gasteiger partial charge < -0.3 is 14.8 Å². The van der Waals surface area contributed by atoms with Crippen LogP contribution >= 0.6 is 12.2 Å². The molecule has 0 bridgehead atoms. The molecular formula is C24H15F5N2O3S. The standard InChI is InChI=1S/C24H15F5N2O3S/c1-33-16-8-7-12(10-15-23(32)31(24(35)30-15)14-5-3-2-4-6-14)9-13(16)11-34-22-20(28)18(26)17(25)19(27)21(22)29/h2-10H,11H2,1H3,(H,30,35)/b15-10+. The van der Waals surface area contributed by atoms with E-state index >= 15 is 0 Å². The summed E-state index contributed by atoms with van der Waals surface area (Å²) in [7, 11) is 1.33. The SMILES string of the molecule is COc1ccc(/C=C2/NC(=S)N(c3ccccc3)C2=O)cc1COc1c(F)c(F)c(F)c(F)c1F. The molecule has 1 fully saturated rings. The van der Waals surface area contributed by atoms with Crippen molar-refractivity contribution in [3.63, 3.8) is 0 Å². The van der Waals surface area contributed by atoms with Gasteiger partial charge in [0, 0.05) is 5.56 Å². The Morgan fingerprint density at radius 1 is 0.943 bits per heavy atom. The highest BCUT2D eigenvalue weighted by atomic mass is 32.1. The van der Waals surface area contributed by atoms with E-state index in [9.17, 15) is 26.7 Å². The first kappa shape index (κ1) is 24.1. The summed E-state index contributed by atoms with van der Waals surface area (Å²) in [5.74, 6) is -12.3. The Hall–Kier alpha value is -3.99. The van der Waals surface area contributed by atoms with E-state index in [1.807, 2.05) is 0 Å². The maximum Gasteiger partial charge on any atom is 0.281 e. The molecule has 0 radical (unpaired) electrons. The summed E-state index contributed by atoms with van der Waals surface area (Å²) in [5.41, 5.74) is 1.41. The van der Waals surface area contributed by atoms with Gasteiger partial charge in [-0.25, -0.2) is 13.2 Å². The first-order chi connectivity index (χ1) is 16.7. The minimum atomic E-state index is -2.28. The number of ether oxygens (including phenoxy) is 2. The summed E-state index contributed by atoms with van der Waals surface area (Å²) >= 11 is 5.26. The summed E-state index contributed by atoms with van der Waals surface area (Å²) in [6.45, 7) is -0.589. The van der Waals surface area contributed by atoms with E-state index in [-0.39, 0.29) is 22.1 Å². The average Bonchev–Trinajstić information content (AvgIpc) is 3.14. The molecule has 1 aliphatic heterocycles. The molecule has 1 saturated heterocycles. The molecule has 1 amide bonds. The molecule has 0 spiro atoms. The van der Waals surface area contributed by atoms with E-state index in [1.165, 1.54) is 30.2 Å². The van der Waals surface area contributed by atoms with Gasteiger partial charge in [-0.3, -0.25) is 9.69 Å². The molecule has 1 heterocycles. The third-order valence-electron chi connectivity index (χ3n) is 5.05. The number of thiocarbonyl (C=S) groups is 1. The number of hydrogen-bond donors (Lipinski definition) is 1. The van der Waals surface area contributed by atoms with Gasteiger partial charge in [0.2, 0.25) is 29.1 Å². The number of carbonyl (C=O) groups is 1. The molecule has 0 aliphatic carbocycles. The number of rotatable bonds is 6. The summed E-state index contributed by atoms with van der Waals surface area (Å²) < 4.78 is 78.2. The molecule has 11 heteroatoms. The zero-order valence-electron chi connectivity index (χ0n) is 17.9. The van der Waals surface area contributed by atoms with Crippen LogP contribution in [0.15, 0.2) is 54.2 Å². The number of amides is 1. The third kappa shape index (κ3) is 4.54. The van der Waals surface area contributed by atoms with Crippen LogP contribution in [0.25, 0.3) is 6.08 Å². The number of nitrogens with one attached hydrogen (secondary N) is 1. The van der Waals surface area contributed by atoms with E-state index in [1.54, 1.807) is 36.4 Å². The van der Waals surface area contributed by atoms with Gasteiger partial charge in [-0.05, 0) is 48.1 Å². The highest BCUT2D eigenvalue weighted by Crippen LogP contribution is 2.31. The lowest BCUT2D eigenvalue weighted by Crippen LogP contribution is -2.30. The number of methoxy groups -OCH3 is 1. The van der Waals surface area contributed by atoms with Crippen molar-refractivity contribution in [1.82, 2.24) is 5.32 Å². The van der Waals surface area contributed by atoms with Gasteiger partial charge in [-0.15, -0.1) is 0 Å². The van der Waals surface area contributed by atoms with Gasteiger partial charge in [0.1, 0.15) is 18.1 Å². The van der Waals surface area contributed by atoms with Gasteiger partial charge >= 0.3 is 0 Å². The Morgan fingerprint density at radius 3 is 2.20 bits per heavy atom. The smallest absolute Gasteiger partial charge is 0.281 e. The molecule has 5 nitrogen and oxygen atoms in total. The molecule has 0 saturated carbocycles. The molecule has 0 aromatic heterocycles. The Labute approximate surface area is 201 Å². The van der Waals surface area contributed by atoms with Crippen LogP contribution in [0.3, 0.4) is 0 Å². The lowest BCUT2D eigenvalue weighted by atomic mass is 10.1. The fourth-order valence-corrected chi connectivity index (χ4v) is 3.67. The Morgan fingerprint density at radius 2 is 1.57 bits per heavy atom. The number of carbonyl (C=O) groups excluding carboxylic acids is 1. The van der Waals surface area contributed by atoms with E-state index in [4.69, 9.17) is 21.7 Å². The van der Waals surface area contributed by atoms with Crippen molar-refractivity contribution in [2.75, 3.05) is 12.0 Å². The predicted octanol–water partition coefficient (Wildman–Crippen LogP) is 5.23. The molecule has 1 N–H and O–H groups in total. The van der Waals surface area contributed by atoms with E-state index in [0.717, 1.165) is 0 Å². The number of hydrogen-bond acceptors (Lipinski definition) is 4. The topological polar surface area (TPSA) is 50.8 Å². The minimum absolute atomic E-state index is 0.163. The summed E-state index contributed by atoms with van der Waals surface area (Å²) in [6, 6.07) is 13.3. The van der Waals surface area contributed by atoms with Crippen LogP contribution in [0.1, 0.15) is 11.1 Å². The number of halogens is 5. The molecule has 4 rings (SSSR count). The molecule has 35 heavy (non-hydrogen) atoms. The van der Waals surface area contributed by atoms with Crippen LogP contribution in [-0.4, -0.2) is 18.1 Å².